The van der Waals surface area contributed by atoms with Crippen molar-refractivity contribution in [3.8, 4) is 0 Å². The predicted molar refractivity (Wildman–Crippen MR) is 123 cm³/mol. The summed E-state index contributed by atoms with van der Waals surface area (Å²) in [6, 6.07) is 1.46. The number of hydrogen-bond acceptors (Lipinski definition) is 6. The van der Waals surface area contributed by atoms with Gasteiger partial charge in [-0.15, -0.1) is 0 Å². The van der Waals surface area contributed by atoms with Crippen LogP contribution in [0.15, 0.2) is 16.8 Å². The molecule has 8 nitrogen and oxygen atoms in total. The lowest BCUT2D eigenvalue weighted by atomic mass is 9.70. The first-order valence-electron chi connectivity index (χ1n) is 13.1. The second-order valence-corrected chi connectivity index (χ2v) is 11.9. The largest absolute Gasteiger partial charge is 0.403 e. The number of hydrogen-bond donors (Lipinski definition) is 0. The molecule has 4 fully saturated rings. The summed E-state index contributed by atoms with van der Waals surface area (Å²) in [5.74, 6) is -2.79. The van der Waals surface area contributed by atoms with E-state index in [0.29, 0.717) is 37.6 Å². The third-order valence-corrected chi connectivity index (χ3v) is 9.11. The van der Waals surface area contributed by atoms with Crippen LogP contribution in [0, 0.1) is 10.8 Å². The Kier molecular flexibility index (Phi) is 5.72. The highest BCUT2D eigenvalue weighted by atomic mass is 19.4. The number of amides is 1. The molecule has 0 radical (unpaired) electrons. The average Bonchev–Trinajstić information content (AvgIpc) is 3.16. The second-order valence-electron chi connectivity index (χ2n) is 11.9. The molecule has 6 rings (SSSR count). The standard InChI is InChI=1S/C25H31F5N6O2/c1-15(36-10-5-18(32-36)16-3-6-24(26,27)7-4-16)20-31-19(33-38-20)17-11-34(2)12-22(17)13-35(14-22)21(37)23(8-9-23)25(28,29)30/h5,10,15-17H,3-4,6-9,11-14H2,1-2H3. The molecule has 2 aromatic heterocycles. The molecular formula is C25H31F5N6O2. The minimum Gasteiger partial charge on any atom is -0.341 e. The van der Waals surface area contributed by atoms with Gasteiger partial charge in [-0.25, -0.2) is 8.78 Å². The van der Waals surface area contributed by atoms with E-state index < -0.39 is 28.8 Å². The van der Waals surface area contributed by atoms with E-state index in [0.717, 1.165) is 5.69 Å². The zero-order chi connectivity index (χ0) is 27.1. The Labute approximate surface area is 216 Å². The molecule has 2 saturated heterocycles. The van der Waals surface area contributed by atoms with E-state index in [1.807, 2.05) is 20.0 Å². The highest BCUT2D eigenvalue weighted by molar-refractivity contribution is 5.87. The van der Waals surface area contributed by atoms with Crippen LogP contribution in [0.4, 0.5) is 22.0 Å². The van der Waals surface area contributed by atoms with E-state index in [2.05, 4.69) is 20.1 Å². The first-order valence-corrected chi connectivity index (χ1v) is 13.1. The van der Waals surface area contributed by atoms with Crippen LogP contribution in [-0.4, -0.2) is 81.0 Å². The summed E-state index contributed by atoms with van der Waals surface area (Å²) in [6.45, 7) is 3.57. The topological polar surface area (TPSA) is 80.3 Å². The number of halogens is 5. The van der Waals surface area contributed by atoms with Crippen molar-refractivity contribution in [3.63, 3.8) is 0 Å². The fraction of sp³-hybridized carbons (Fsp3) is 0.760. The highest BCUT2D eigenvalue weighted by Crippen LogP contribution is 2.60. The van der Waals surface area contributed by atoms with Gasteiger partial charge in [0.2, 0.25) is 11.8 Å². The summed E-state index contributed by atoms with van der Waals surface area (Å²) >= 11 is 0. The van der Waals surface area contributed by atoms with Crippen LogP contribution in [0.1, 0.15) is 80.7 Å². The Balaban J connectivity index is 1.14. The van der Waals surface area contributed by atoms with Crippen molar-refractivity contribution < 1.29 is 31.3 Å². The molecule has 4 aliphatic rings. The molecule has 2 unspecified atom stereocenters. The van der Waals surface area contributed by atoms with Crippen LogP contribution in [-0.2, 0) is 4.79 Å². The summed E-state index contributed by atoms with van der Waals surface area (Å²) in [7, 11) is 1.93. The van der Waals surface area contributed by atoms with Crippen molar-refractivity contribution in [2.75, 3.05) is 33.2 Å². The second kappa shape index (κ2) is 8.46. The van der Waals surface area contributed by atoms with E-state index in [4.69, 9.17) is 4.52 Å². The summed E-state index contributed by atoms with van der Waals surface area (Å²) in [6.07, 6.45) is -2.51. The molecule has 0 aromatic carbocycles. The lowest BCUT2D eigenvalue weighted by Crippen LogP contribution is -2.64. The van der Waals surface area contributed by atoms with Crippen LogP contribution in [0.25, 0.3) is 0 Å². The Bertz CT molecular complexity index is 1200. The van der Waals surface area contributed by atoms with Gasteiger partial charge >= 0.3 is 6.18 Å². The molecular weight excluding hydrogens is 511 g/mol. The zero-order valence-corrected chi connectivity index (χ0v) is 21.3. The number of carbonyl (C=O) groups is 1. The van der Waals surface area contributed by atoms with E-state index in [1.54, 1.807) is 10.9 Å². The minimum atomic E-state index is -4.52. The SMILES string of the molecule is CC(c1nc(C2CN(C)CC23CN(C(=O)C2(C(F)(F)F)CC2)C3)no1)n1ccc(C2CCC(F)(F)CC2)n1. The maximum atomic E-state index is 13.5. The van der Waals surface area contributed by atoms with Gasteiger partial charge in [-0.2, -0.15) is 23.3 Å². The minimum absolute atomic E-state index is 0.00778. The van der Waals surface area contributed by atoms with E-state index in [9.17, 15) is 26.7 Å². The molecule has 1 spiro atoms. The van der Waals surface area contributed by atoms with E-state index in [1.165, 1.54) is 4.90 Å². The number of likely N-dealkylation sites (tertiary alicyclic amines) is 2. The molecule has 38 heavy (non-hydrogen) atoms. The number of alkyl halides is 5. The summed E-state index contributed by atoms with van der Waals surface area (Å²) in [4.78, 5) is 20.8. The number of likely N-dealkylation sites (N-methyl/N-ethyl adjacent to an activating group) is 1. The summed E-state index contributed by atoms with van der Waals surface area (Å²) in [5, 5.41) is 8.83. The molecule has 4 heterocycles. The van der Waals surface area contributed by atoms with Gasteiger partial charge in [0.25, 0.3) is 5.89 Å². The maximum absolute atomic E-state index is 13.5. The third kappa shape index (κ3) is 4.12. The van der Waals surface area contributed by atoms with Crippen molar-refractivity contribution in [1.29, 1.82) is 0 Å². The molecule has 208 valence electrons. The normalized spacial score (nSPS) is 27.4. The maximum Gasteiger partial charge on any atom is 0.403 e. The van der Waals surface area contributed by atoms with Crippen LogP contribution >= 0.6 is 0 Å². The molecule has 0 N–H and O–H groups in total. The van der Waals surface area contributed by atoms with Crippen molar-refractivity contribution in [1.82, 2.24) is 29.7 Å². The van der Waals surface area contributed by atoms with Gasteiger partial charge in [0.05, 0.1) is 5.69 Å². The summed E-state index contributed by atoms with van der Waals surface area (Å²) in [5.41, 5.74) is -1.85. The fourth-order valence-electron chi connectivity index (χ4n) is 6.59. The molecule has 0 bridgehead atoms. The van der Waals surface area contributed by atoms with Crippen molar-refractivity contribution in [2.45, 2.75) is 75.4 Å². The predicted octanol–water partition coefficient (Wildman–Crippen LogP) is 4.37. The molecule has 13 heteroatoms. The Morgan fingerprint density at radius 1 is 1.13 bits per heavy atom. The van der Waals surface area contributed by atoms with Gasteiger partial charge < -0.3 is 14.3 Å². The summed E-state index contributed by atoms with van der Waals surface area (Å²) < 4.78 is 74.7. The van der Waals surface area contributed by atoms with Crippen molar-refractivity contribution >= 4 is 5.91 Å². The van der Waals surface area contributed by atoms with Crippen LogP contribution in [0.2, 0.25) is 0 Å². The highest BCUT2D eigenvalue weighted by Gasteiger charge is 2.71. The van der Waals surface area contributed by atoms with Crippen LogP contribution in [0.3, 0.4) is 0 Å². The molecule has 2 atom stereocenters. The first-order chi connectivity index (χ1) is 17.8. The first kappa shape index (κ1) is 25.7. The number of nitrogens with zero attached hydrogens (tertiary/aromatic N) is 6. The monoisotopic (exact) mass is 542 g/mol. The van der Waals surface area contributed by atoms with Gasteiger partial charge in [-0.05, 0) is 45.7 Å². The molecule has 2 aliphatic heterocycles. The molecule has 1 amide bonds. The fourth-order valence-corrected chi connectivity index (χ4v) is 6.59. The Morgan fingerprint density at radius 3 is 2.45 bits per heavy atom. The van der Waals surface area contributed by atoms with Crippen molar-refractivity contribution in [2.24, 2.45) is 10.8 Å². The van der Waals surface area contributed by atoms with E-state index in [-0.39, 0.29) is 56.7 Å². The smallest absolute Gasteiger partial charge is 0.341 e. The van der Waals surface area contributed by atoms with Gasteiger partial charge in [0.1, 0.15) is 11.5 Å². The zero-order valence-electron chi connectivity index (χ0n) is 21.3. The van der Waals surface area contributed by atoms with Gasteiger partial charge in [-0.3, -0.25) is 9.48 Å². The molecule has 2 saturated carbocycles. The van der Waals surface area contributed by atoms with Gasteiger partial charge in [-0.1, -0.05) is 5.16 Å². The Hall–Kier alpha value is -2.57. The molecule has 2 aromatic rings. The van der Waals surface area contributed by atoms with Gasteiger partial charge in [0, 0.05) is 62.5 Å². The number of rotatable bonds is 5. The average molecular weight is 543 g/mol. The Morgan fingerprint density at radius 2 is 1.82 bits per heavy atom. The third-order valence-electron chi connectivity index (χ3n) is 9.11. The number of carbonyl (C=O) groups excluding carboxylic acids is 1. The van der Waals surface area contributed by atoms with Crippen LogP contribution in [0.5, 0.6) is 0 Å². The van der Waals surface area contributed by atoms with Gasteiger partial charge in [0.15, 0.2) is 5.82 Å². The number of aromatic nitrogens is 4. The lowest BCUT2D eigenvalue weighted by Gasteiger charge is -2.51. The van der Waals surface area contributed by atoms with Crippen LogP contribution < -0.4 is 0 Å². The molecule has 2 aliphatic carbocycles. The van der Waals surface area contributed by atoms with Crippen molar-refractivity contribution in [3.05, 3.63) is 29.7 Å². The lowest BCUT2D eigenvalue weighted by molar-refractivity contribution is -0.204. The van der Waals surface area contributed by atoms with E-state index >= 15 is 0 Å². The quantitative estimate of drug-likeness (QED) is 0.523.